The molecule has 0 spiro atoms. The Hall–Kier alpha value is 1.32. The van der Waals surface area contributed by atoms with Crippen molar-refractivity contribution < 1.29 is 46.4 Å². The molecule has 35 valence electrons. The molecule has 0 heterocycles. The van der Waals surface area contributed by atoms with Crippen LogP contribution in [0, 0.1) is 53.8 Å². The quantitative estimate of drug-likeness (QED) is 0.649. The maximum atomic E-state index is 8.02. The van der Waals surface area contributed by atoms with Gasteiger partial charge in [0.15, 0.2) is 0 Å². The molecule has 0 unspecified atom stereocenters. The summed E-state index contributed by atoms with van der Waals surface area (Å²) in [5, 5.41) is 8.02. The van der Waals surface area contributed by atoms with Gasteiger partial charge in [0.1, 0.15) is 0 Å². The van der Waals surface area contributed by atoms with Gasteiger partial charge >= 0.3 is 0 Å². The predicted octanol–water partition coefficient (Wildman–Crippen LogP) is 1.18. The Morgan fingerprint density at radius 1 is 1.50 bits per heavy atom. The summed E-state index contributed by atoms with van der Waals surface area (Å²) in [6, 6.07) is 0. The molecule has 0 atom stereocenters. The molecule has 0 aliphatic heterocycles. The van der Waals surface area contributed by atoms with Crippen molar-refractivity contribution in [3.05, 3.63) is 6.61 Å². The SMILES string of the molecule is CC(C)[CH-]O.[Pr]. The number of hydrogen-bond donors (Lipinski definition) is 1. The third-order valence-electron chi connectivity index (χ3n) is 0.298. The van der Waals surface area contributed by atoms with Gasteiger partial charge in [0.2, 0.25) is 0 Å². The molecule has 1 nitrogen and oxygen atoms in total. The van der Waals surface area contributed by atoms with E-state index in [0.29, 0.717) is 5.92 Å². The van der Waals surface area contributed by atoms with Crippen LogP contribution < -0.4 is 0 Å². The van der Waals surface area contributed by atoms with Gasteiger partial charge in [-0.3, -0.25) is 0 Å². The minimum absolute atomic E-state index is 0. The number of aliphatic hydroxyl groups excluding tert-OH is 1. The Labute approximate surface area is 72.1 Å². The van der Waals surface area contributed by atoms with Crippen LogP contribution >= 0.6 is 0 Å². The summed E-state index contributed by atoms with van der Waals surface area (Å²) >= 11 is 0. The zero-order valence-corrected chi connectivity index (χ0v) is 7.88. The molecule has 1 N–H and O–H groups in total. The summed E-state index contributed by atoms with van der Waals surface area (Å²) in [6.45, 7) is 5.00. The Morgan fingerprint density at radius 3 is 1.67 bits per heavy atom. The normalized spacial score (nSPS) is 8.00. The van der Waals surface area contributed by atoms with E-state index in [9.17, 15) is 0 Å². The summed E-state index contributed by atoms with van der Waals surface area (Å²) in [5.74, 6) is 0.315. The van der Waals surface area contributed by atoms with E-state index >= 15 is 0 Å². The van der Waals surface area contributed by atoms with Crippen LogP contribution in [0.2, 0.25) is 0 Å². The van der Waals surface area contributed by atoms with E-state index in [4.69, 9.17) is 5.11 Å². The smallest absolute Gasteiger partial charge is 0 e. The van der Waals surface area contributed by atoms with Crippen molar-refractivity contribution in [2.24, 2.45) is 5.92 Å². The van der Waals surface area contributed by atoms with Gasteiger partial charge in [-0.15, -0.1) is 0 Å². The molecule has 0 aromatic heterocycles. The van der Waals surface area contributed by atoms with Gasteiger partial charge in [0, 0.05) is 41.3 Å². The first kappa shape index (κ1) is 10.3. The molecule has 6 heavy (non-hydrogen) atoms. The summed E-state index contributed by atoms with van der Waals surface area (Å²) in [4.78, 5) is 0. The monoisotopic (exact) mass is 214 g/mol. The van der Waals surface area contributed by atoms with Crippen LogP contribution in [-0.4, -0.2) is 5.11 Å². The topological polar surface area (TPSA) is 20.2 Å². The Bertz CT molecular complexity index is 21.5. The van der Waals surface area contributed by atoms with Gasteiger partial charge in [-0.2, -0.15) is 5.92 Å². The molecule has 2 heteroatoms. The van der Waals surface area contributed by atoms with Crippen molar-refractivity contribution in [1.82, 2.24) is 0 Å². The molecule has 0 aliphatic carbocycles. The van der Waals surface area contributed by atoms with Crippen LogP contribution in [-0.2, 0) is 0 Å². The largest absolute Gasteiger partial charge is 0.566 e. The Morgan fingerprint density at radius 2 is 1.67 bits per heavy atom. The van der Waals surface area contributed by atoms with Gasteiger partial charge in [0.05, 0.1) is 0 Å². The number of hydrogen-bond acceptors (Lipinski definition) is 1. The van der Waals surface area contributed by atoms with Crippen LogP contribution in [0.3, 0.4) is 0 Å². The van der Waals surface area contributed by atoms with Crippen molar-refractivity contribution in [1.29, 1.82) is 0 Å². The van der Waals surface area contributed by atoms with Crippen molar-refractivity contribution in [2.45, 2.75) is 13.8 Å². The van der Waals surface area contributed by atoms with Crippen LogP contribution in [0.25, 0.3) is 0 Å². The Kier molecular flexibility index (Phi) is 10.9. The first-order chi connectivity index (χ1) is 2.27. The zero-order chi connectivity index (χ0) is 4.28. The minimum Gasteiger partial charge on any atom is -0.566 e. The number of aliphatic hydroxyl groups is 1. The summed E-state index contributed by atoms with van der Waals surface area (Å²) in [7, 11) is 0. The molecular weight excluding hydrogens is 205 g/mol. The van der Waals surface area contributed by atoms with E-state index in [0.717, 1.165) is 0 Å². The number of rotatable bonds is 1. The zero-order valence-electron chi connectivity index (χ0n) is 4.18. The molecule has 0 aliphatic rings. The first-order valence-electron chi connectivity index (χ1n) is 1.75. The van der Waals surface area contributed by atoms with Gasteiger partial charge in [-0.1, -0.05) is 13.8 Å². The fourth-order valence-corrected chi connectivity index (χ4v) is 0. The average molecular weight is 214 g/mol. The second-order valence-corrected chi connectivity index (χ2v) is 1.39. The van der Waals surface area contributed by atoms with Gasteiger partial charge in [0.25, 0.3) is 0 Å². The van der Waals surface area contributed by atoms with E-state index in [1.807, 2.05) is 13.8 Å². The fraction of sp³-hybridized carbons (Fsp3) is 0.750. The van der Waals surface area contributed by atoms with E-state index in [-0.39, 0.29) is 41.3 Å². The maximum absolute atomic E-state index is 8.02. The van der Waals surface area contributed by atoms with Gasteiger partial charge in [-0.25, -0.2) is 6.61 Å². The molecule has 0 aromatic rings. The standard InChI is InChI=1S/C4H9O.Pr/c1-4(2)3-5;/h3-5H,1-2H3;/q-1;. The second kappa shape index (κ2) is 6.32. The van der Waals surface area contributed by atoms with E-state index in [1.54, 1.807) is 0 Å². The summed E-state index contributed by atoms with van der Waals surface area (Å²) < 4.78 is 0. The van der Waals surface area contributed by atoms with Crippen LogP contribution in [0.4, 0.5) is 0 Å². The molecule has 0 rings (SSSR count). The maximum Gasteiger partial charge on any atom is 0 e. The average Bonchev–Trinajstić information content (AvgIpc) is 1.38. The molecule has 0 aromatic carbocycles. The molecular formula is C4H9OPr-. The van der Waals surface area contributed by atoms with Crippen molar-refractivity contribution >= 4 is 0 Å². The van der Waals surface area contributed by atoms with Crippen LogP contribution in [0.15, 0.2) is 0 Å². The summed E-state index contributed by atoms with van der Waals surface area (Å²) in [6.07, 6.45) is 0. The molecule has 0 bridgehead atoms. The van der Waals surface area contributed by atoms with Crippen molar-refractivity contribution in [3.63, 3.8) is 0 Å². The minimum atomic E-state index is 0. The Balaban J connectivity index is 0. The van der Waals surface area contributed by atoms with Crippen molar-refractivity contribution in [2.75, 3.05) is 0 Å². The molecule has 0 amide bonds. The van der Waals surface area contributed by atoms with Gasteiger partial charge in [-0.05, 0) is 0 Å². The van der Waals surface area contributed by atoms with Gasteiger partial charge < -0.3 is 5.11 Å². The van der Waals surface area contributed by atoms with Crippen molar-refractivity contribution in [3.8, 4) is 0 Å². The second-order valence-electron chi connectivity index (χ2n) is 1.39. The molecule has 0 fully saturated rings. The van der Waals surface area contributed by atoms with E-state index in [2.05, 4.69) is 0 Å². The third kappa shape index (κ3) is 9.01. The van der Waals surface area contributed by atoms with E-state index < -0.39 is 0 Å². The first-order valence-corrected chi connectivity index (χ1v) is 1.75. The molecule has 0 saturated carbocycles. The predicted molar refractivity (Wildman–Crippen MR) is 21.1 cm³/mol. The fourth-order valence-electron chi connectivity index (χ4n) is 0. The van der Waals surface area contributed by atoms with Crippen LogP contribution in [0.5, 0.6) is 0 Å². The molecule has 0 saturated heterocycles. The van der Waals surface area contributed by atoms with E-state index in [1.165, 1.54) is 6.61 Å². The molecule has 1 radical (unpaired) electrons. The third-order valence-corrected chi connectivity index (χ3v) is 0.298. The van der Waals surface area contributed by atoms with Crippen LogP contribution in [0.1, 0.15) is 13.8 Å². The summed E-state index contributed by atoms with van der Waals surface area (Å²) in [5.41, 5.74) is 0.